The van der Waals surface area contributed by atoms with E-state index in [2.05, 4.69) is 39.8 Å². The van der Waals surface area contributed by atoms with Gasteiger partial charge in [-0.3, -0.25) is 4.99 Å². The van der Waals surface area contributed by atoms with E-state index >= 15 is 0 Å². The monoisotopic (exact) mass is 440 g/mol. The first kappa shape index (κ1) is 23.0. The Hall–Kier alpha value is -1.28. The van der Waals surface area contributed by atoms with Crippen molar-refractivity contribution in [1.82, 2.24) is 15.2 Å². The summed E-state index contributed by atoms with van der Waals surface area (Å²) in [5, 5.41) is 7.48. The highest BCUT2D eigenvalue weighted by Gasteiger charge is 2.14. The average Bonchev–Trinajstić information content (AvgIpc) is 3.15. The van der Waals surface area contributed by atoms with E-state index in [1.165, 1.54) is 5.56 Å². The van der Waals surface area contributed by atoms with E-state index < -0.39 is 0 Å². The fourth-order valence-electron chi connectivity index (χ4n) is 2.66. The number of hydrogen-bond donors (Lipinski definition) is 1. The molecular formula is C20H29ClN4OS2. The number of aliphatic imine (C=N–C) groups is 1. The van der Waals surface area contributed by atoms with Gasteiger partial charge in [0.1, 0.15) is 11.1 Å². The highest BCUT2D eigenvalue weighted by molar-refractivity contribution is 7.98. The standard InChI is InChI=1S/C20H29ClN4OS2/c1-6-22-20(23-11-18(27-5)15-8-7-9-16(21)10-15)25(3)12-17-13-28-19(24-17)14(2)26-4/h7-10,13-14,18H,6,11-12H2,1-5H3,(H,22,23). The molecule has 8 heteroatoms. The van der Waals surface area contributed by atoms with E-state index in [0.29, 0.717) is 13.1 Å². The van der Waals surface area contributed by atoms with Crippen LogP contribution in [0.3, 0.4) is 0 Å². The predicted molar refractivity (Wildman–Crippen MR) is 123 cm³/mol. The molecule has 2 rings (SSSR count). The Morgan fingerprint density at radius 1 is 1.46 bits per heavy atom. The molecule has 0 aliphatic heterocycles. The summed E-state index contributed by atoms with van der Waals surface area (Å²) in [5.41, 5.74) is 2.22. The molecule has 0 fully saturated rings. The zero-order chi connectivity index (χ0) is 20.5. The molecule has 1 N–H and O–H groups in total. The molecular weight excluding hydrogens is 412 g/mol. The number of hydrogen-bond acceptors (Lipinski definition) is 5. The molecule has 0 bridgehead atoms. The van der Waals surface area contributed by atoms with Crippen LogP contribution in [0.5, 0.6) is 0 Å². The Kier molecular flexibility index (Phi) is 9.58. The van der Waals surface area contributed by atoms with E-state index in [1.54, 1.807) is 30.2 Å². The van der Waals surface area contributed by atoms with E-state index in [0.717, 1.165) is 28.2 Å². The maximum Gasteiger partial charge on any atom is 0.194 e. The van der Waals surface area contributed by atoms with Gasteiger partial charge in [-0.15, -0.1) is 11.3 Å². The zero-order valence-corrected chi connectivity index (χ0v) is 19.5. The number of nitrogens with zero attached hydrogens (tertiary/aromatic N) is 3. The summed E-state index contributed by atoms with van der Waals surface area (Å²) in [5.74, 6) is 0.873. The Morgan fingerprint density at radius 2 is 2.25 bits per heavy atom. The summed E-state index contributed by atoms with van der Waals surface area (Å²) in [7, 11) is 3.74. The lowest BCUT2D eigenvalue weighted by atomic mass is 10.1. The van der Waals surface area contributed by atoms with Crippen molar-refractivity contribution in [2.24, 2.45) is 4.99 Å². The number of aromatic nitrogens is 1. The lowest BCUT2D eigenvalue weighted by Gasteiger charge is -2.22. The largest absolute Gasteiger partial charge is 0.375 e. The van der Waals surface area contributed by atoms with Gasteiger partial charge < -0.3 is 15.0 Å². The molecule has 1 heterocycles. The molecule has 1 aromatic carbocycles. The van der Waals surface area contributed by atoms with Crippen LogP contribution in [0.4, 0.5) is 0 Å². The van der Waals surface area contributed by atoms with Gasteiger partial charge in [0.2, 0.25) is 0 Å². The van der Waals surface area contributed by atoms with Crippen LogP contribution in [0.25, 0.3) is 0 Å². The van der Waals surface area contributed by atoms with Gasteiger partial charge in [-0.1, -0.05) is 23.7 Å². The van der Waals surface area contributed by atoms with Crippen LogP contribution in [0, 0.1) is 0 Å². The van der Waals surface area contributed by atoms with Gasteiger partial charge in [0.25, 0.3) is 0 Å². The lowest BCUT2D eigenvalue weighted by Crippen LogP contribution is -2.38. The third-order valence-electron chi connectivity index (χ3n) is 4.28. The van der Waals surface area contributed by atoms with Crippen molar-refractivity contribution in [3.8, 4) is 0 Å². The van der Waals surface area contributed by atoms with Crippen molar-refractivity contribution in [2.75, 3.05) is 33.5 Å². The molecule has 0 saturated heterocycles. The number of methoxy groups -OCH3 is 1. The number of nitrogens with one attached hydrogen (secondary N) is 1. The minimum Gasteiger partial charge on any atom is -0.375 e. The van der Waals surface area contributed by atoms with Gasteiger partial charge >= 0.3 is 0 Å². The van der Waals surface area contributed by atoms with Crippen LogP contribution >= 0.6 is 34.7 Å². The Morgan fingerprint density at radius 3 is 2.89 bits per heavy atom. The number of guanidine groups is 1. The molecule has 2 atom stereocenters. The third kappa shape index (κ3) is 6.65. The highest BCUT2D eigenvalue weighted by atomic mass is 35.5. The normalized spacial score (nSPS) is 14.0. The van der Waals surface area contributed by atoms with Gasteiger partial charge in [-0.25, -0.2) is 4.98 Å². The molecule has 2 aromatic rings. The molecule has 28 heavy (non-hydrogen) atoms. The average molecular weight is 441 g/mol. The van der Waals surface area contributed by atoms with Crippen molar-refractivity contribution in [3.05, 3.63) is 50.9 Å². The Bertz CT molecular complexity index is 768. The van der Waals surface area contributed by atoms with Gasteiger partial charge in [0, 0.05) is 36.4 Å². The minimum atomic E-state index is 0.0194. The smallest absolute Gasteiger partial charge is 0.194 e. The molecule has 0 aliphatic carbocycles. The Balaban J connectivity index is 2.08. The second kappa shape index (κ2) is 11.7. The van der Waals surface area contributed by atoms with E-state index in [-0.39, 0.29) is 11.4 Å². The zero-order valence-electron chi connectivity index (χ0n) is 17.1. The maximum absolute atomic E-state index is 6.15. The summed E-state index contributed by atoms with van der Waals surface area (Å²) < 4.78 is 5.35. The summed E-state index contributed by atoms with van der Waals surface area (Å²) in [6, 6.07) is 8.01. The van der Waals surface area contributed by atoms with E-state index in [9.17, 15) is 0 Å². The molecule has 0 aliphatic rings. The molecule has 0 amide bonds. The molecule has 1 aromatic heterocycles. The summed E-state index contributed by atoms with van der Waals surface area (Å²) >= 11 is 9.56. The topological polar surface area (TPSA) is 49.8 Å². The van der Waals surface area contributed by atoms with Gasteiger partial charge in [-0.2, -0.15) is 11.8 Å². The van der Waals surface area contributed by atoms with Gasteiger partial charge in [0.15, 0.2) is 5.96 Å². The molecule has 0 radical (unpaired) electrons. The third-order valence-corrected chi connectivity index (χ3v) is 6.56. The number of rotatable bonds is 9. The second-order valence-electron chi connectivity index (χ2n) is 6.39. The van der Waals surface area contributed by atoms with Crippen LogP contribution in [-0.2, 0) is 11.3 Å². The first-order chi connectivity index (χ1) is 13.5. The van der Waals surface area contributed by atoms with Gasteiger partial charge in [-0.05, 0) is 37.8 Å². The Labute approximate surface area is 181 Å². The predicted octanol–water partition coefficient (Wildman–Crippen LogP) is 5.01. The fourth-order valence-corrected chi connectivity index (χ4v) is 4.35. The van der Waals surface area contributed by atoms with Crippen molar-refractivity contribution < 1.29 is 4.74 Å². The quantitative estimate of drug-likeness (QED) is 0.439. The van der Waals surface area contributed by atoms with Crippen molar-refractivity contribution in [2.45, 2.75) is 31.7 Å². The number of halogens is 1. The molecule has 154 valence electrons. The summed E-state index contributed by atoms with van der Waals surface area (Å²) in [6.45, 7) is 6.27. The number of ether oxygens (including phenoxy) is 1. The van der Waals surface area contributed by atoms with E-state index in [4.69, 9.17) is 21.3 Å². The number of thiazole rings is 1. The minimum absolute atomic E-state index is 0.0194. The van der Waals surface area contributed by atoms with Crippen molar-refractivity contribution >= 4 is 40.7 Å². The first-order valence-corrected chi connectivity index (χ1v) is 11.8. The lowest BCUT2D eigenvalue weighted by molar-refractivity contribution is 0.119. The second-order valence-corrected chi connectivity index (χ2v) is 8.75. The fraction of sp³-hybridized carbons (Fsp3) is 0.500. The van der Waals surface area contributed by atoms with Crippen LogP contribution in [0.15, 0.2) is 34.6 Å². The van der Waals surface area contributed by atoms with Gasteiger partial charge in [0.05, 0.1) is 18.8 Å². The highest BCUT2D eigenvalue weighted by Crippen LogP contribution is 2.28. The van der Waals surface area contributed by atoms with Crippen LogP contribution in [0.2, 0.25) is 5.02 Å². The summed E-state index contributed by atoms with van der Waals surface area (Å²) in [4.78, 5) is 11.7. The SMILES string of the molecule is CCNC(=NCC(SC)c1cccc(Cl)c1)N(C)Cc1csc(C(C)OC)n1. The maximum atomic E-state index is 6.15. The van der Waals surface area contributed by atoms with Crippen molar-refractivity contribution in [1.29, 1.82) is 0 Å². The van der Waals surface area contributed by atoms with E-state index in [1.807, 2.05) is 32.2 Å². The number of benzene rings is 1. The molecule has 0 spiro atoms. The first-order valence-electron chi connectivity index (χ1n) is 9.23. The summed E-state index contributed by atoms with van der Waals surface area (Å²) in [6.07, 6.45) is 2.12. The van der Waals surface area contributed by atoms with Crippen LogP contribution in [0.1, 0.15) is 41.5 Å². The molecule has 5 nitrogen and oxygen atoms in total. The number of thioether (sulfide) groups is 1. The van der Waals surface area contributed by atoms with Crippen LogP contribution in [-0.4, -0.2) is 49.3 Å². The molecule has 0 saturated carbocycles. The molecule has 2 unspecified atom stereocenters. The van der Waals surface area contributed by atoms with Crippen LogP contribution < -0.4 is 5.32 Å². The van der Waals surface area contributed by atoms with Crippen molar-refractivity contribution in [3.63, 3.8) is 0 Å².